The van der Waals surface area contributed by atoms with Crippen LogP contribution >= 0.6 is 11.8 Å². The number of hydrogen-bond donors (Lipinski definition) is 1. The lowest BCUT2D eigenvalue weighted by Crippen LogP contribution is -1.98. The summed E-state index contributed by atoms with van der Waals surface area (Å²) in [4.78, 5) is 10.2. The monoisotopic (exact) mass is 230 g/mol. The van der Waals surface area contributed by atoms with Gasteiger partial charge in [-0.25, -0.2) is 4.39 Å². The first-order chi connectivity index (χ1) is 7.13. The van der Waals surface area contributed by atoms with Gasteiger partial charge in [-0.15, -0.1) is 11.8 Å². The van der Waals surface area contributed by atoms with Gasteiger partial charge in [-0.3, -0.25) is 4.79 Å². The minimum atomic E-state index is -0.867. The second kappa shape index (κ2) is 5.60. The Morgan fingerprint density at radius 2 is 2.33 bits per heavy atom. The number of carboxylic acid groups (broad SMARTS) is 1. The molecule has 0 spiro atoms. The normalized spacial score (nSPS) is 10.0. The summed E-state index contributed by atoms with van der Waals surface area (Å²) >= 11 is 1.23. The van der Waals surface area contributed by atoms with Crippen molar-refractivity contribution in [3.63, 3.8) is 0 Å². The van der Waals surface area contributed by atoms with Crippen molar-refractivity contribution in [1.82, 2.24) is 0 Å². The zero-order valence-electron chi connectivity index (χ0n) is 8.20. The molecule has 0 unspecified atom stereocenters. The molecule has 0 saturated heterocycles. The smallest absolute Gasteiger partial charge is 0.313 e. The first-order valence-electron chi connectivity index (χ1n) is 4.25. The summed E-state index contributed by atoms with van der Waals surface area (Å²) in [6.07, 6.45) is 0. The summed E-state index contributed by atoms with van der Waals surface area (Å²) in [6.45, 7) is 0. The minimum Gasteiger partial charge on any atom is -0.494 e. The Balaban J connectivity index is 2.55. The molecule has 3 nitrogen and oxygen atoms in total. The topological polar surface area (TPSA) is 46.5 Å². The quantitative estimate of drug-likeness (QED) is 0.842. The Kier molecular flexibility index (Phi) is 4.42. The van der Waals surface area contributed by atoms with E-state index < -0.39 is 11.8 Å². The lowest BCUT2D eigenvalue weighted by Gasteiger charge is -2.04. The van der Waals surface area contributed by atoms with E-state index in [0.29, 0.717) is 5.75 Å². The van der Waals surface area contributed by atoms with E-state index in [0.717, 1.165) is 5.56 Å². The molecular formula is C10H11FO3S. The molecule has 0 aromatic heterocycles. The molecule has 0 aliphatic carbocycles. The van der Waals surface area contributed by atoms with Crippen LogP contribution in [0.15, 0.2) is 18.2 Å². The van der Waals surface area contributed by atoms with Crippen LogP contribution in [-0.4, -0.2) is 23.9 Å². The maximum absolute atomic E-state index is 13.2. The molecule has 1 aromatic carbocycles. The van der Waals surface area contributed by atoms with Gasteiger partial charge in [0.15, 0.2) is 11.6 Å². The molecule has 0 atom stereocenters. The molecule has 0 heterocycles. The number of carbonyl (C=O) groups is 1. The van der Waals surface area contributed by atoms with Gasteiger partial charge in [-0.1, -0.05) is 6.07 Å². The Morgan fingerprint density at radius 3 is 2.87 bits per heavy atom. The number of aliphatic carboxylic acids is 1. The molecule has 5 heteroatoms. The number of hydrogen-bond acceptors (Lipinski definition) is 3. The highest BCUT2D eigenvalue weighted by Crippen LogP contribution is 2.20. The van der Waals surface area contributed by atoms with Crippen LogP contribution in [-0.2, 0) is 10.5 Å². The highest BCUT2D eigenvalue weighted by molar-refractivity contribution is 7.99. The average molecular weight is 230 g/mol. The summed E-state index contributed by atoms with van der Waals surface area (Å²) in [6, 6.07) is 4.61. The number of benzene rings is 1. The minimum absolute atomic E-state index is 0.0215. The van der Waals surface area contributed by atoms with Crippen LogP contribution in [0, 0.1) is 5.82 Å². The van der Waals surface area contributed by atoms with Crippen LogP contribution in [0.3, 0.4) is 0 Å². The molecule has 0 bridgehead atoms. The zero-order chi connectivity index (χ0) is 11.3. The molecule has 1 rings (SSSR count). The first-order valence-corrected chi connectivity index (χ1v) is 5.41. The van der Waals surface area contributed by atoms with E-state index in [1.54, 1.807) is 6.07 Å². The van der Waals surface area contributed by atoms with E-state index in [4.69, 9.17) is 9.84 Å². The second-order valence-corrected chi connectivity index (χ2v) is 3.84. The molecule has 0 amide bonds. The molecule has 15 heavy (non-hydrogen) atoms. The van der Waals surface area contributed by atoms with Crippen molar-refractivity contribution in [3.8, 4) is 5.75 Å². The number of methoxy groups -OCH3 is 1. The molecule has 0 aliphatic rings. The summed E-state index contributed by atoms with van der Waals surface area (Å²) in [7, 11) is 1.40. The third-order valence-corrected chi connectivity index (χ3v) is 2.70. The van der Waals surface area contributed by atoms with Gasteiger partial charge in [-0.05, 0) is 17.7 Å². The summed E-state index contributed by atoms with van der Waals surface area (Å²) in [5.74, 6) is -0.595. The van der Waals surface area contributed by atoms with Crippen molar-refractivity contribution >= 4 is 17.7 Å². The summed E-state index contributed by atoms with van der Waals surface area (Å²) < 4.78 is 18.0. The lowest BCUT2D eigenvalue weighted by atomic mass is 10.2. The van der Waals surface area contributed by atoms with E-state index >= 15 is 0 Å². The van der Waals surface area contributed by atoms with Crippen molar-refractivity contribution in [3.05, 3.63) is 29.6 Å². The Hall–Kier alpha value is -1.23. The van der Waals surface area contributed by atoms with Gasteiger partial charge in [0.25, 0.3) is 0 Å². The standard InChI is InChI=1S/C10H11FO3S/c1-14-9-3-2-7(4-8(9)11)5-15-6-10(12)13/h2-4H,5-6H2,1H3,(H,12,13). The van der Waals surface area contributed by atoms with Gasteiger partial charge in [0.05, 0.1) is 12.9 Å². The lowest BCUT2D eigenvalue weighted by molar-refractivity contribution is -0.133. The molecule has 1 N–H and O–H groups in total. The van der Waals surface area contributed by atoms with Crippen molar-refractivity contribution in [2.24, 2.45) is 0 Å². The zero-order valence-corrected chi connectivity index (χ0v) is 9.01. The van der Waals surface area contributed by atoms with Crippen molar-refractivity contribution in [2.75, 3.05) is 12.9 Å². The van der Waals surface area contributed by atoms with Crippen LogP contribution in [0.4, 0.5) is 4.39 Å². The summed E-state index contributed by atoms with van der Waals surface area (Å²) in [5, 5.41) is 8.41. The van der Waals surface area contributed by atoms with Crippen LogP contribution in [0.2, 0.25) is 0 Å². The molecule has 82 valence electrons. The molecule has 0 aliphatic heterocycles. The van der Waals surface area contributed by atoms with Crippen LogP contribution < -0.4 is 4.74 Å². The van der Waals surface area contributed by atoms with E-state index in [9.17, 15) is 9.18 Å². The maximum atomic E-state index is 13.2. The van der Waals surface area contributed by atoms with Gasteiger partial charge >= 0.3 is 5.97 Å². The molecule has 0 fully saturated rings. The van der Waals surface area contributed by atoms with Crippen LogP contribution in [0.5, 0.6) is 5.75 Å². The van der Waals surface area contributed by atoms with E-state index in [1.165, 1.54) is 31.0 Å². The molecule has 0 saturated carbocycles. The van der Waals surface area contributed by atoms with Crippen LogP contribution in [0.1, 0.15) is 5.56 Å². The Morgan fingerprint density at radius 1 is 1.60 bits per heavy atom. The van der Waals surface area contributed by atoms with Gasteiger partial charge in [0.1, 0.15) is 0 Å². The Labute approximate surface area is 91.2 Å². The SMILES string of the molecule is COc1ccc(CSCC(=O)O)cc1F. The van der Waals surface area contributed by atoms with E-state index in [2.05, 4.69) is 0 Å². The molecular weight excluding hydrogens is 219 g/mol. The fourth-order valence-electron chi connectivity index (χ4n) is 1.06. The van der Waals surface area contributed by atoms with Crippen molar-refractivity contribution < 1.29 is 19.0 Å². The fourth-order valence-corrected chi connectivity index (χ4v) is 1.75. The highest BCUT2D eigenvalue weighted by Gasteiger charge is 2.04. The maximum Gasteiger partial charge on any atom is 0.313 e. The number of carboxylic acids is 1. The van der Waals surface area contributed by atoms with Crippen LogP contribution in [0.25, 0.3) is 0 Å². The molecule has 0 radical (unpaired) electrons. The van der Waals surface area contributed by atoms with Gasteiger partial charge < -0.3 is 9.84 Å². The second-order valence-electron chi connectivity index (χ2n) is 2.86. The van der Waals surface area contributed by atoms with Gasteiger partial charge in [0, 0.05) is 5.75 Å². The number of ether oxygens (including phenoxy) is 1. The predicted octanol–water partition coefficient (Wildman–Crippen LogP) is 2.15. The predicted molar refractivity (Wildman–Crippen MR) is 56.7 cm³/mol. The average Bonchev–Trinajstić information content (AvgIpc) is 2.17. The number of thioether (sulfide) groups is 1. The first kappa shape index (κ1) is 11.8. The highest BCUT2D eigenvalue weighted by atomic mass is 32.2. The number of halogens is 1. The van der Waals surface area contributed by atoms with Gasteiger partial charge in [0.2, 0.25) is 0 Å². The van der Waals surface area contributed by atoms with Crippen molar-refractivity contribution in [2.45, 2.75) is 5.75 Å². The van der Waals surface area contributed by atoms with Crippen molar-refractivity contribution in [1.29, 1.82) is 0 Å². The molecule has 1 aromatic rings. The third-order valence-electron chi connectivity index (χ3n) is 1.71. The number of rotatable bonds is 5. The third kappa shape index (κ3) is 3.79. The summed E-state index contributed by atoms with van der Waals surface area (Å²) in [5.41, 5.74) is 0.750. The van der Waals surface area contributed by atoms with Gasteiger partial charge in [-0.2, -0.15) is 0 Å². The Bertz CT molecular complexity index is 355. The van der Waals surface area contributed by atoms with E-state index in [-0.39, 0.29) is 11.5 Å². The fraction of sp³-hybridized carbons (Fsp3) is 0.300. The largest absolute Gasteiger partial charge is 0.494 e. The van der Waals surface area contributed by atoms with E-state index in [1.807, 2.05) is 0 Å².